The Morgan fingerprint density at radius 3 is 2.44 bits per heavy atom. The Balaban J connectivity index is 1.69. The average Bonchev–Trinajstić information content (AvgIpc) is 2.93. The molecule has 3 rings (SSSR count). The number of anilines is 2. The van der Waals surface area contributed by atoms with Crippen LogP contribution in [0.25, 0.3) is 0 Å². The number of benzene rings is 1. The first kappa shape index (κ1) is 19.3. The highest BCUT2D eigenvalue weighted by Gasteiger charge is 2.29. The van der Waals surface area contributed by atoms with Crippen LogP contribution in [0, 0.1) is 0 Å². The largest absolute Gasteiger partial charge is 0.347 e. The standard InChI is InChI=1S/C19H24N4O3S/c1-19(2,3)14-6-4-5-7-15(14)21-17-9-8-16(22-23-17)18(24)20-13-10-11-27(25,26)12-13/h4-9,13H,10-12H2,1-3H3,(H,20,24)(H,21,23). The minimum Gasteiger partial charge on any atom is -0.347 e. The maximum atomic E-state index is 12.2. The van der Waals surface area contributed by atoms with Gasteiger partial charge in [0.1, 0.15) is 0 Å². The zero-order valence-electron chi connectivity index (χ0n) is 15.7. The molecule has 2 aromatic rings. The van der Waals surface area contributed by atoms with E-state index in [0.29, 0.717) is 12.2 Å². The first-order chi connectivity index (χ1) is 12.6. The van der Waals surface area contributed by atoms with Crippen molar-refractivity contribution in [3.63, 3.8) is 0 Å². The third-order valence-corrected chi connectivity index (χ3v) is 6.23. The van der Waals surface area contributed by atoms with Gasteiger partial charge in [0.25, 0.3) is 5.91 Å². The van der Waals surface area contributed by atoms with Crippen molar-refractivity contribution in [1.82, 2.24) is 15.5 Å². The van der Waals surface area contributed by atoms with Crippen LogP contribution in [-0.2, 0) is 15.3 Å². The molecule has 2 heterocycles. The zero-order chi connectivity index (χ0) is 19.7. The summed E-state index contributed by atoms with van der Waals surface area (Å²) < 4.78 is 23.0. The quantitative estimate of drug-likeness (QED) is 0.834. The molecule has 1 atom stereocenters. The Kier molecular flexibility index (Phi) is 5.19. The Morgan fingerprint density at radius 1 is 1.11 bits per heavy atom. The SMILES string of the molecule is CC(C)(C)c1ccccc1Nc1ccc(C(=O)NC2CCS(=O)(=O)C2)nn1. The summed E-state index contributed by atoms with van der Waals surface area (Å²) in [6.45, 7) is 6.40. The molecule has 144 valence electrons. The van der Waals surface area contributed by atoms with Crippen LogP contribution in [-0.4, -0.2) is 42.1 Å². The van der Waals surface area contributed by atoms with Crippen LogP contribution >= 0.6 is 0 Å². The number of nitrogens with one attached hydrogen (secondary N) is 2. The molecule has 1 unspecified atom stereocenters. The lowest BCUT2D eigenvalue weighted by Gasteiger charge is -2.23. The molecule has 0 aliphatic carbocycles. The smallest absolute Gasteiger partial charge is 0.272 e. The number of hydrogen-bond acceptors (Lipinski definition) is 6. The van der Waals surface area contributed by atoms with Crippen molar-refractivity contribution in [3.8, 4) is 0 Å². The topological polar surface area (TPSA) is 101 Å². The van der Waals surface area contributed by atoms with Crippen molar-refractivity contribution < 1.29 is 13.2 Å². The number of amides is 1. The third-order valence-electron chi connectivity index (χ3n) is 4.46. The molecule has 1 aliphatic rings. The second kappa shape index (κ2) is 7.26. The molecule has 1 aromatic heterocycles. The van der Waals surface area contributed by atoms with Crippen molar-refractivity contribution in [3.05, 3.63) is 47.7 Å². The Morgan fingerprint density at radius 2 is 1.85 bits per heavy atom. The van der Waals surface area contributed by atoms with Gasteiger partial charge in [-0.3, -0.25) is 4.79 Å². The highest BCUT2D eigenvalue weighted by Crippen LogP contribution is 2.30. The number of nitrogens with zero attached hydrogens (tertiary/aromatic N) is 2. The van der Waals surface area contributed by atoms with Gasteiger partial charge in [0.2, 0.25) is 0 Å². The number of sulfone groups is 1. The number of carbonyl (C=O) groups excluding carboxylic acids is 1. The van der Waals surface area contributed by atoms with Crippen molar-refractivity contribution in [2.24, 2.45) is 0 Å². The van der Waals surface area contributed by atoms with E-state index >= 15 is 0 Å². The van der Waals surface area contributed by atoms with Crippen molar-refractivity contribution in [1.29, 1.82) is 0 Å². The van der Waals surface area contributed by atoms with E-state index in [0.717, 1.165) is 11.3 Å². The molecule has 0 spiro atoms. The fourth-order valence-corrected chi connectivity index (χ4v) is 4.75. The van der Waals surface area contributed by atoms with E-state index in [2.05, 4.69) is 47.7 Å². The molecule has 1 aliphatic heterocycles. The second-order valence-corrected chi connectivity index (χ2v) is 10.0. The van der Waals surface area contributed by atoms with Gasteiger partial charge in [-0.15, -0.1) is 10.2 Å². The summed E-state index contributed by atoms with van der Waals surface area (Å²) in [7, 11) is -3.04. The van der Waals surface area contributed by atoms with Crippen LogP contribution in [0.4, 0.5) is 11.5 Å². The first-order valence-corrected chi connectivity index (χ1v) is 10.7. The molecule has 1 saturated heterocycles. The summed E-state index contributed by atoms with van der Waals surface area (Å²) in [6, 6.07) is 10.9. The summed E-state index contributed by atoms with van der Waals surface area (Å²) in [5.74, 6) is 0.215. The molecule has 0 bridgehead atoms. The average molecular weight is 388 g/mol. The number of rotatable bonds is 4. The summed E-state index contributed by atoms with van der Waals surface area (Å²) >= 11 is 0. The molecule has 0 saturated carbocycles. The van der Waals surface area contributed by atoms with Crippen LogP contribution in [0.1, 0.15) is 43.2 Å². The molecule has 0 radical (unpaired) electrons. The van der Waals surface area contributed by atoms with Gasteiger partial charge in [-0.2, -0.15) is 0 Å². The van der Waals surface area contributed by atoms with Crippen molar-refractivity contribution >= 4 is 27.2 Å². The molecule has 1 amide bonds. The van der Waals surface area contributed by atoms with Crippen LogP contribution < -0.4 is 10.6 Å². The molecule has 1 fully saturated rings. The van der Waals surface area contributed by atoms with Gasteiger partial charge in [0.05, 0.1) is 11.5 Å². The van der Waals surface area contributed by atoms with Gasteiger partial charge in [0.15, 0.2) is 21.3 Å². The van der Waals surface area contributed by atoms with Gasteiger partial charge in [-0.05, 0) is 35.6 Å². The summed E-state index contributed by atoms with van der Waals surface area (Å²) in [6.07, 6.45) is 0.435. The van der Waals surface area contributed by atoms with Crippen LogP contribution in [0.5, 0.6) is 0 Å². The fourth-order valence-electron chi connectivity index (χ4n) is 3.07. The second-order valence-electron chi connectivity index (χ2n) is 7.80. The zero-order valence-corrected chi connectivity index (χ0v) is 16.5. The lowest BCUT2D eigenvalue weighted by molar-refractivity contribution is 0.0935. The first-order valence-electron chi connectivity index (χ1n) is 8.86. The van der Waals surface area contributed by atoms with Crippen LogP contribution in [0.2, 0.25) is 0 Å². The maximum absolute atomic E-state index is 12.2. The fraction of sp³-hybridized carbons (Fsp3) is 0.421. The lowest BCUT2D eigenvalue weighted by atomic mass is 9.86. The van der Waals surface area contributed by atoms with Gasteiger partial charge >= 0.3 is 0 Å². The summed E-state index contributed by atoms with van der Waals surface area (Å²) in [5.41, 5.74) is 2.22. The predicted octanol–water partition coefficient (Wildman–Crippen LogP) is 2.43. The maximum Gasteiger partial charge on any atom is 0.272 e. The molecule has 27 heavy (non-hydrogen) atoms. The normalized spacial score (nSPS) is 18.9. The minimum atomic E-state index is -3.04. The number of aromatic nitrogens is 2. The molecule has 1 aromatic carbocycles. The van der Waals surface area contributed by atoms with E-state index in [4.69, 9.17) is 0 Å². The third kappa shape index (κ3) is 4.82. The molecule has 2 N–H and O–H groups in total. The summed E-state index contributed by atoms with van der Waals surface area (Å²) in [4.78, 5) is 12.2. The number of hydrogen-bond donors (Lipinski definition) is 2. The molecular formula is C19H24N4O3S. The van der Waals surface area contributed by atoms with Crippen molar-refractivity contribution in [2.75, 3.05) is 16.8 Å². The Labute approximate surface area is 159 Å². The van der Waals surface area contributed by atoms with Gasteiger partial charge in [-0.25, -0.2) is 8.42 Å². The predicted molar refractivity (Wildman–Crippen MR) is 105 cm³/mol. The van der Waals surface area contributed by atoms with Crippen LogP contribution in [0.15, 0.2) is 36.4 Å². The van der Waals surface area contributed by atoms with Gasteiger partial charge in [0, 0.05) is 11.7 Å². The lowest BCUT2D eigenvalue weighted by Crippen LogP contribution is -2.36. The van der Waals surface area contributed by atoms with Gasteiger partial charge < -0.3 is 10.6 Å². The van der Waals surface area contributed by atoms with Crippen molar-refractivity contribution in [2.45, 2.75) is 38.6 Å². The van der Waals surface area contributed by atoms with E-state index < -0.39 is 15.7 Å². The van der Waals surface area contributed by atoms with E-state index in [9.17, 15) is 13.2 Å². The highest BCUT2D eigenvalue weighted by molar-refractivity contribution is 7.91. The van der Waals surface area contributed by atoms with Gasteiger partial charge in [-0.1, -0.05) is 39.0 Å². The van der Waals surface area contributed by atoms with E-state index in [-0.39, 0.29) is 28.7 Å². The number of para-hydroxylation sites is 1. The molecule has 8 heteroatoms. The van der Waals surface area contributed by atoms with E-state index in [1.807, 2.05) is 18.2 Å². The Hall–Kier alpha value is -2.48. The Bertz CT molecular complexity index is 934. The molecular weight excluding hydrogens is 364 g/mol. The highest BCUT2D eigenvalue weighted by atomic mass is 32.2. The van der Waals surface area contributed by atoms with E-state index in [1.54, 1.807) is 12.1 Å². The van der Waals surface area contributed by atoms with Crippen LogP contribution in [0.3, 0.4) is 0 Å². The summed E-state index contributed by atoms with van der Waals surface area (Å²) in [5, 5.41) is 14.0. The monoisotopic (exact) mass is 388 g/mol. The van der Waals surface area contributed by atoms with E-state index in [1.165, 1.54) is 0 Å². The molecule has 7 nitrogen and oxygen atoms in total. The minimum absolute atomic E-state index is 0.0185. The number of carbonyl (C=O) groups is 1.